The normalized spacial score (nSPS) is 12.6. The van der Waals surface area contributed by atoms with Crippen molar-refractivity contribution >= 4 is 22.8 Å². The first kappa shape index (κ1) is 19.1. The standard InChI is InChI=1S/C23H20N8O2/c1-32-20-11-16(2-3-19(20)31-7-4-24-14-31)28-21-22-26-5-8-30(22)13-18(29-21)15-10-17-23(27-12-15)33-9-6-25-17/h2-5,7-8,10-14,25H,6,9H2,1H3,(H,28,29). The molecule has 1 aliphatic heterocycles. The van der Waals surface area contributed by atoms with Crippen LogP contribution in [0.3, 0.4) is 0 Å². The number of aromatic nitrogens is 6. The van der Waals surface area contributed by atoms with Crippen LogP contribution in [0.4, 0.5) is 17.2 Å². The van der Waals surface area contributed by atoms with Gasteiger partial charge in [-0.1, -0.05) is 0 Å². The van der Waals surface area contributed by atoms with E-state index in [1.807, 2.05) is 51.8 Å². The number of pyridine rings is 1. The Morgan fingerprint density at radius 1 is 1.15 bits per heavy atom. The monoisotopic (exact) mass is 440 g/mol. The molecule has 1 aromatic carbocycles. The zero-order valence-corrected chi connectivity index (χ0v) is 17.8. The van der Waals surface area contributed by atoms with E-state index < -0.39 is 0 Å². The summed E-state index contributed by atoms with van der Waals surface area (Å²) in [5.41, 5.74) is 4.92. The minimum absolute atomic E-state index is 0.607. The van der Waals surface area contributed by atoms with E-state index in [4.69, 9.17) is 14.5 Å². The highest BCUT2D eigenvalue weighted by Gasteiger charge is 2.15. The van der Waals surface area contributed by atoms with Crippen molar-refractivity contribution in [2.24, 2.45) is 0 Å². The molecule has 0 atom stereocenters. The summed E-state index contributed by atoms with van der Waals surface area (Å²) in [5.74, 6) is 1.94. The third kappa shape index (κ3) is 3.47. The molecular weight excluding hydrogens is 420 g/mol. The van der Waals surface area contributed by atoms with Crippen molar-refractivity contribution < 1.29 is 9.47 Å². The van der Waals surface area contributed by atoms with Crippen LogP contribution in [0.1, 0.15) is 0 Å². The summed E-state index contributed by atoms with van der Waals surface area (Å²) in [6, 6.07) is 7.85. The van der Waals surface area contributed by atoms with Crippen LogP contribution in [-0.4, -0.2) is 49.2 Å². The molecule has 1 aliphatic rings. The molecular formula is C23H20N8O2. The van der Waals surface area contributed by atoms with Gasteiger partial charge in [0.05, 0.1) is 30.5 Å². The van der Waals surface area contributed by atoms with Crippen LogP contribution in [0, 0.1) is 0 Å². The van der Waals surface area contributed by atoms with E-state index >= 15 is 0 Å². The SMILES string of the molecule is COc1cc(Nc2nc(-c3cnc4c(c3)NCCO4)cn3ccnc23)ccc1-n1ccnc1. The van der Waals surface area contributed by atoms with E-state index in [1.165, 1.54) is 0 Å². The van der Waals surface area contributed by atoms with Crippen LogP contribution < -0.4 is 20.1 Å². The van der Waals surface area contributed by atoms with Gasteiger partial charge in [0, 0.05) is 61.0 Å². The van der Waals surface area contributed by atoms with Gasteiger partial charge in [-0.3, -0.25) is 0 Å². The molecule has 5 aromatic rings. The molecule has 10 nitrogen and oxygen atoms in total. The number of ether oxygens (including phenoxy) is 2. The van der Waals surface area contributed by atoms with Crippen molar-refractivity contribution in [3.05, 3.63) is 67.8 Å². The maximum atomic E-state index is 5.61. The summed E-state index contributed by atoms with van der Waals surface area (Å²) >= 11 is 0. The van der Waals surface area contributed by atoms with Gasteiger partial charge in [-0.2, -0.15) is 0 Å². The Morgan fingerprint density at radius 3 is 3.00 bits per heavy atom. The Kier molecular flexibility index (Phi) is 4.53. The third-order valence-corrected chi connectivity index (χ3v) is 5.40. The van der Waals surface area contributed by atoms with Crippen molar-refractivity contribution in [1.29, 1.82) is 0 Å². The van der Waals surface area contributed by atoms with Crippen LogP contribution in [0.25, 0.3) is 22.6 Å². The van der Waals surface area contributed by atoms with E-state index in [-0.39, 0.29) is 0 Å². The van der Waals surface area contributed by atoms with Gasteiger partial charge in [-0.25, -0.2) is 19.9 Å². The van der Waals surface area contributed by atoms with Crippen molar-refractivity contribution in [3.8, 4) is 28.6 Å². The smallest absolute Gasteiger partial charge is 0.237 e. The van der Waals surface area contributed by atoms with Crippen LogP contribution in [0.15, 0.2) is 67.8 Å². The molecule has 0 radical (unpaired) electrons. The molecule has 0 amide bonds. The number of hydrogen-bond donors (Lipinski definition) is 2. The number of methoxy groups -OCH3 is 1. The van der Waals surface area contributed by atoms with E-state index in [2.05, 4.69) is 25.6 Å². The van der Waals surface area contributed by atoms with Crippen molar-refractivity contribution in [1.82, 2.24) is 28.9 Å². The number of nitrogens with zero attached hydrogens (tertiary/aromatic N) is 6. The molecule has 5 heterocycles. The van der Waals surface area contributed by atoms with Gasteiger partial charge in [-0.05, 0) is 18.2 Å². The Morgan fingerprint density at radius 2 is 2.12 bits per heavy atom. The van der Waals surface area contributed by atoms with Gasteiger partial charge in [0.2, 0.25) is 5.88 Å². The van der Waals surface area contributed by atoms with Gasteiger partial charge < -0.3 is 29.1 Å². The second-order valence-electron chi connectivity index (χ2n) is 7.47. The summed E-state index contributed by atoms with van der Waals surface area (Å²) in [7, 11) is 1.64. The third-order valence-electron chi connectivity index (χ3n) is 5.40. The van der Waals surface area contributed by atoms with E-state index in [0.29, 0.717) is 29.7 Å². The lowest BCUT2D eigenvalue weighted by atomic mass is 10.2. The largest absolute Gasteiger partial charge is 0.494 e. The van der Waals surface area contributed by atoms with Gasteiger partial charge in [0.1, 0.15) is 12.4 Å². The highest BCUT2D eigenvalue weighted by atomic mass is 16.5. The van der Waals surface area contributed by atoms with Crippen molar-refractivity contribution in [3.63, 3.8) is 0 Å². The lowest BCUT2D eigenvalue weighted by Crippen LogP contribution is -2.18. The number of fused-ring (bicyclic) bond motifs is 2. The Bertz CT molecular complexity index is 1440. The average Bonchev–Trinajstić information content (AvgIpc) is 3.56. The second-order valence-corrected chi connectivity index (χ2v) is 7.47. The molecule has 0 spiro atoms. The topological polar surface area (TPSA) is 103 Å². The highest BCUT2D eigenvalue weighted by molar-refractivity contribution is 5.76. The summed E-state index contributed by atoms with van der Waals surface area (Å²) in [6.45, 7) is 1.35. The molecule has 2 N–H and O–H groups in total. The predicted molar refractivity (Wildman–Crippen MR) is 124 cm³/mol. The maximum Gasteiger partial charge on any atom is 0.237 e. The fraction of sp³-hybridized carbons (Fsp3) is 0.130. The number of rotatable bonds is 5. The Labute approximate surface area is 188 Å². The molecule has 0 saturated carbocycles. The van der Waals surface area contributed by atoms with Gasteiger partial charge in [0.25, 0.3) is 0 Å². The Hall–Kier alpha value is -4.60. The molecule has 0 aliphatic carbocycles. The summed E-state index contributed by atoms with van der Waals surface area (Å²) in [4.78, 5) is 17.9. The first-order chi connectivity index (χ1) is 16.3. The first-order valence-electron chi connectivity index (χ1n) is 10.4. The number of hydrogen-bond acceptors (Lipinski definition) is 8. The molecule has 10 heteroatoms. The van der Waals surface area contributed by atoms with Gasteiger partial charge >= 0.3 is 0 Å². The lowest BCUT2D eigenvalue weighted by Gasteiger charge is -2.18. The van der Waals surface area contributed by atoms with E-state index in [9.17, 15) is 0 Å². The first-order valence-corrected chi connectivity index (χ1v) is 10.4. The summed E-state index contributed by atoms with van der Waals surface area (Å²) in [5, 5.41) is 6.71. The lowest BCUT2D eigenvalue weighted by molar-refractivity contribution is 0.310. The quantitative estimate of drug-likeness (QED) is 0.428. The molecule has 0 fully saturated rings. The molecule has 4 aromatic heterocycles. The van der Waals surface area contributed by atoms with Gasteiger partial charge in [-0.15, -0.1) is 0 Å². The molecule has 6 rings (SSSR count). The number of benzene rings is 1. The van der Waals surface area contributed by atoms with E-state index in [0.717, 1.165) is 34.9 Å². The van der Waals surface area contributed by atoms with Crippen molar-refractivity contribution in [2.75, 3.05) is 30.9 Å². The molecule has 0 saturated heterocycles. The van der Waals surface area contributed by atoms with E-state index in [1.54, 1.807) is 32.0 Å². The Balaban J connectivity index is 1.39. The fourth-order valence-electron chi connectivity index (χ4n) is 3.83. The van der Waals surface area contributed by atoms with Crippen LogP contribution in [0.2, 0.25) is 0 Å². The minimum atomic E-state index is 0.607. The summed E-state index contributed by atoms with van der Waals surface area (Å²) in [6.07, 6.45) is 12.7. The number of nitrogens with one attached hydrogen (secondary N) is 2. The zero-order chi connectivity index (χ0) is 22.2. The number of imidazole rings is 2. The van der Waals surface area contributed by atoms with Crippen LogP contribution in [-0.2, 0) is 0 Å². The summed E-state index contributed by atoms with van der Waals surface area (Å²) < 4.78 is 15.0. The zero-order valence-electron chi connectivity index (χ0n) is 17.8. The minimum Gasteiger partial charge on any atom is -0.494 e. The maximum absolute atomic E-state index is 5.61. The fourth-order valence-corrected chi connectivity index (χ4v) is 3.83. The van der Waals surface area contributed by atoms with Crippen LogP contribution >= 0.6 is 0 Å². The van der Waals surface area contributed by atoms with Gasteiger partial charge in [0.15, 0.2) is 11.5 Å². The molecule has 0 unspecified atom stereocenters. The highest BCUT2D eigenvalue weighted by Crippen LogP contribution is 2.32. The predicted octanol–water partition coefficient (Wildman–Crippen LogP) is 3.53. The average molecular weight is 440 g/mol. The number of anilines is 3. The molecule has 33 heavy (non-hydrogen) atoms. The van der Waals surface area contributed by atoms with Crippen molar-refractivity contribution in [2.45, 2.75) is 0 Å². The molecule has 0 bridgehead atoms. The molecule has 164 valence electrons. The second kappa shape index (κ2) is 7.83. The van der Waals surface area contributed by atoms with Crippen LogP contribution in [0.5, 0.6) is 11.6 Å².